The molecule has 2 aromatic carbocycles. The van der Waals surface area contributed by atoms with Gasteiger partial charge in [0.1, 0.15) is 17.6 Å². The third-order valence-electron chi connectivity index (χ3n) is 6.64. The van der Waals surface area contributed by atoms with Crippen molar-refractivity contribution in [2.45, 2.75) is 38.6 Å². The number of aromatic nitrogens is 4. The zero-order chi connectivity index (χ0) is 27.5. The summed E-state index contributed by atoms with van der Waals surface area (Å²) >= 11 is 6.55. The van der Waals surface area contributed by atoms with Gasteiger partial charge in [-0.15, -0.1) is 5.10 Å². The van der Waals surface area contributed by atoms with E-state index in [1.807, 2.05) is 24.3 Å². The van der Waals surface area contributed by atoms with Gasteiger partial charge in [-0.25, -0.2) is 4.98 Å². The molecule has 2 N–H and O–H groups in total. The van der Waals surface area contributed by atoms with Crippen LogP contribution in [-0.4, -0.2) is 32.5 Å². The molecule has 11 heteroatoms. The number of fused-ring (bicyclic) bond motifs is 1. The van der Waals surface area contributed by atoms with E-state index in [2.05, 4.69) is 32.9 Å². The molecule has 0 radical (unpaired) electrons. The number of carbonyl (C=O) groups is 1. The second kappa shape index (κ2) is 11.0. The zero-order valence-electron chi connectivity index (χ0n) is 21.4. The van der Waals surface area contributed by atoms with Gasteiger partial charge in [-0.3, -0.25) is 0 Å². The summed E-state index contributed by atoms with van der Waals surface area (Å²) in [7, 11) is 1.63. The Bertz CT molecular complexity index is 1630. The molecule has 39 heavy (non-hydrogen) atoms. The number of hydrogen-bond acceptors (Lipinski definition) is 9. The number of Topliss-reactive ketones (excluding diaryl/α,β-unsaturated/α-hetero) is 1. The highest BCUT2D eigenvalue weighted by molar-refractivity contribution is 6.33. The van der Waals surface area contributed by atoms with Crippen molar-refractivity contribution < 1.29 is 9.53 Å². The summed E-state index contributed by atoms with van der Waals surface area (Å²) in [6, 6.07) is 15.4. The van der Waals surface area contributed by atoms with Crippen LogP contribution in [0.25, 0.3) is 5.65 Å². The second-order valence-corrected chi connectivity index (χ2v) is 9.84. The minimum absolute atomic E-state index is 0.0287. The Labute approximate surface area is 230 Å². The molecule has 0 amide bonds. The number of halogens is 1. The minimum atomic E-state index is -0.0287. The predicted octanol–water partition coefficient (Wildman–Crippen LogP) is 5.36. The molecule has 1 fully saturated rings. The molecule has 1 saturated carbocycles. The lowest BCUT2D eigenvalue weighted by Crippen LogP contribution is -2.16. The van der Waals surface area contributed by atoms with E-state index in [1.54, 1.807) is 19.2 Å². The number of methoxy groups -OCH3 is 1. The van der Waals surface area contributed by atoms with Crippen molar-refractivity contribution in [2.24, 2.45) is 5.92 Å². The third-order valence-corrected chi connectivity index (χ3v) is 6.96. The number of ketones is 1. The van der Waals surface area contributed by atoms with Gasteiger partial charge in [0.05, 0.1) is 41.7 Å². The molecule has 1 unspecified atom stereocenters. The number of carbonyl (C=O) groups excluding carboxylic acids is 1. The molecule has 4 aromatic rings. The van der Waals surface area contributed by atoms with Gasteiger partial charge in [-0.2, -0.15) is 20.0 Å². The quantitative estimate of drug-likeness (QED) is 0.272. The van der Waals surface area contributed by atoms with Crippen LogP contribution in [0.5, 0.6) is 5.75 Å². The van der Waals surface area contributed by atoms with Gasteiger partial charge in [0.2, 0.25) is 5.95 Å². The Hall–Kier alpha value is -4.67. The number of aryl methyl sites for hydroxylation is 1. The molecule has 2 heterocycles. The summed E-state index contributed by atoms with van der Waals surface area (Å²) in [4.78, 5) is 20.5. The van der Waals surface area contributed by atoms with E-state index < -0.39 is 0 Å². The first-order chi connectivity index (χ1) is 18.9. The summed E-state index contributed by atoms with van der Waals surface area (Å²) in [5.74, 6) is 1.86. The number of ether oxygens (including phenoxy) is 1. The lowest BCUT2D eigenvalue weighted by Gasteiger charge is -2.20. The molecule has 0 spiro atoms. The highest BCUT2D eigenvalue weighted by atomic mass is 35.5. The van der Waals surface area contributed by atoms with Crippen LogP contribution >= 0.6 is 11.6 Å². The fraction of sp³-hybridized carbons (Fsp3) is 0.286. The normalized spacial score (nSPS) is 13.4. The van der Waals surface area contributed by atoms with E-state index >= 15 is 0 Å². The molecular formula is C28H25ClN8O2. The third kappa shape index (κ3) is 5.62. The molecule has 0 bridgehead atoms. The maximum absolute atomic E-state index is 11.4. The average Bonchev–Trinajstić information content (AvgIpc) is 3.70. The van der Waals surface area contributed by atoms with Crippen LogP contribution in [-0.2, 0) is 11.2 Å². The number of nitriles is 2. The first-order valence-electron chi connectivity index (χ1n) is 12.5. The van der Waals surface area contributed by atoms with Crippen molar-refractivity contribution >= 4 is 40.5 Å². The van der Waals surface area contributed by atoms with Crippen LogP contribution in [0.4, 0.5) is 17.5 Å². The van der Waals surface area contributed by atoms with Crippen LogP contribution in [0.2, 0.25) is 5.02 Å². The fourth-order valence-corrected chi connectivity index (χ4v) is 4.65. The van der Waals surface area contributed by atoms with Crippen LogP contribution in [0.15, 0.2) is 42.6 Å². The van der Waals surface area contributed by atoms with Crippen LogP contribution < -0.4 is 15.4 Å². The number of nitrogens with one attached hydrogen (secondary N) is 2. The molecule has 1 aliphatic carbocycles. The van der Waals surface area contributed by atoms with Gasteiger partial charge < -0.3 is 20.2 Å². The second-order valence-electron chi connectivity index (χ2n) is 9.44. The lowest BCUT2D eigenvalue weighted by molar-refractivity contribution is -0.116. The van der Waals surface area contributed by atoms with Gasteiger partial charge in [-0.1, -0.05) is 23.7 Å². The monoisotopic (exact) mass is 540 g/mol. The molecule has 5 rings (SSSR count). The van der Waals surface area contributed by atoms with Crippen molar-refractivity contribution in [2.75, 3.05) is 17.7 Å². The van der Waals surface area contributed by atoms with Gasteiger partial charge >= 0.3 is 0 Å². The van der Waals surface area contributed by atoms with E-state index in [9.17, 15) is 15.3 Å². The molecule has 10 nitrogen and oxygen atoms in total. The summed E-state index contributed by atoms with van der Waals surface area (Å²) in [6.07, 6.45) is 4.35. The molecule has 0 aliphatic heterocycles. The molecule has 1 aliphatic rings. The molecule has 2 aromatic heterocycles. The number of benzene rings is 2. The minimum Gasteiger partial charge on any atom is -0.497 e. The Morgan fingerprint density at radius 2 is 2.00 bits per heavy atom. The summed E-state index contributed by atoms with van der Waals surface area (Å²) in [5, 5.41) is 30.8. The highest BCUT2D eigenvalue weighted by Gasteiger charge is 2.33. The van der Waals surface area contributed by atoms with E-state index in [1.165, 1.54) is 17.6 Å². The van der Waals surface area contributed by atoms with Crippen molar-refractivity contribution in [3.8, 4) is 17.9 Å². The number of imidazole rings is 1. The highest BCUT2D eigenvalue weighted by Crippen LogP contribution is 2.43. The topological polar surface area (TPSA) is 141 Å². The molecular weight excluding hydrogens is 516 g/mol. The van der Waals surface area contributed by atoms with Gasteiger partial charge in [0, 0.05) is 6.42 Å². The van der Waals surface area contributed by atoms with Crippen molar-refractivity contribution in [3.63, 3.8) is 0 Å². The number of rotatable bonds is 10. The summed E-state index contributed by atoms with van der Waals surface area (Å²) in [6.45, 7) is 1.51. The number of hydrogen-bond donors (Lipinski definition) is 2. The van der Waals surface area contributed by atoms with E-state index in [-0.39, 0.29) is 23.5 Å². The Balaban J connectivity index is 1.51. The summed E-state index contributed by atoms with van der Waals surface area (Å²) in [5.41, 5.74) is 3.26. The van der Waals surface area contributed by atoms with Crippen molar-refractivity contribution in [1.29, 1.82) is 10.5 Å². The maximum Gasteiger partial charge on any atom is 0.247 e. The molecule has 0 saturated heterocycles. The average molecular weight is 541 g/mol. The first kappa shape index (κ1) is 26.0. The Morgan fingerprint density at radius 1 is 1.23 bits per heavy atom. The van der Waals surface area contributed by atoms with Gasteiger partial charge in [-0.05, 0) is 67.5 Å². The Morgan fingerprint density at radius 3 is 2.64 bits per heavy atom. The number of anilines is 3. The zero-order valence-corrected chi connectivity index (χ0v) is 22.2. The smallest absolute Gasteiger partial charge is 0.247 e. The Kier molecular flexibility index (Phi) is 7.31. The van der Waals surface area contributed by atoms with E-state index in [4.69, 9.17) is 21.3 Å². The van der Waals surface area contributed by atoms with Crippen LogP contribution in [0.1, 0.15) is 54.6 Å². The first-order valence-corrected chi connectivity index (χ1v) is 12.8. The van der Waals surface area contributed by atoms with Gasteiger partial charge in [0.25, 0.3) is 0 Å². The van der Waals surface area contributed by atoms with Gasteiger partial charge in [0.15, 0.2) is 17.2 Å². The SMILES string of the molecule is COc1ccc(C(Nc2nc(Nc3cc(C#N)c(CCC(C)=O)cc3Cl)nn3c(C#N)cnc23)C2CC2)cc1. The predicted molar refractivity (Wildman–Crippen MR) is 146 cm³/mol. The van der Waals surface area contributed by atoms with Crippen molar-refractivity contribution in [3.05, 3.63) is 70.0 Å². The lowest BCUT2D eigenvalue weighted by atomic mass is 10.0. The molecule has 196 valence electrons. The number of nitrogens with zero attached hydrogens (tertiary/aromatic N) is 6. The largest absolute Gasteiger partial charge is 0.497 e. The van der Waals surface area contributed by atoms with E-state index in [0.29, 0.717) is 52.1 Å². The van der Waals surface area contributed by atoms with E-state index in [0.717, 1.165) is 24.2 Å². The molecule has 1 atom stereocenters. The van der Waals surface area contributed by atoms with Crippen molar-refractivity contribution in [1.82, 2.24) is 19.6 Å². The standard InChI is InChI=1S/C28H25ClN8O2/c1-16(38)3-4-19-11-23(29)24(12-20(19)13-30)33-28-35-26(27-32-15-21(14-31)37(27)36-28)34-25(17-5-6-17)18-7-9-22(39-2)10-8-18/h7-12,15,17,25H,3-6H2,1-2H3,(H2,33,34,35,36). The fourth-order valence-electron chi connectivity index (χ4n) is 4.42. The summed E-state index contributed by atoms with van der Waals surface area (Å²) < 4.78 is 6.73. The maximum atomic E-state index is 11.4. The van der Waals surface area contributed by atoms with Crippen LogP contribution in [0, 0.1) is 28.6 Å². The van der Waals surface area contributed by atoms with Crippen LogP contribution in [0.3, 0.4) is 0 Å².